The summed E-state index contributed by atoms with van der Waals surface area (Å²) in [5.74, 6) is 0. The molecule has 0 unspecified atom stereocenters. The van der Waals surface area contributed by atoms with Gasteiger partial charge in [-0.2, -0.15) is 0 Å². The Bertz CT molecular complexity index is 458. The van der Waals surface area contributed by atoms with Gasteiger partial charge in [0.25, 0.3) is 0 Å². The molecule has 3 heteroatoms. The fraction of sp³-hybridized carbons (Fsp3) is 0.158. The summed E-state index contributed by atoms with van der Waals surface area (Å²) in [5.41, 5.74) is 3.44. The second-order valence-electron chi connectivity index (χ2n) is 5.08. The zero-order chi connectivity index (χ0) is 15.2. The third kappa shape index (κ3) is 5.51. The molecule has 1 nitrogen and oxygen atoms in total. The van der Waals surface area contributed by atoms with Gasteiger partial charge in [0.1, 0.15) is 0 Å². The normalized spacial score (nSPS) is 19.2. The summed E-state index contributed by atoms with van der Waals surface area (Å²) >= 11 is 0. The monoisotopic (exact) mass is 352 g/mol. The fourth-order valence-electron chi connectivity index (χ4n) is 2.38. The second kappa shape index (κ2) is 9.90. The Balaban J connectivity index is 0.000000344. The standard InChI is InChI=1S/C14H15OS.C5H5.Fe/c1-10-8-11(2)14(12(3)9-10)16(15)13-6-4-5-7-13;1-2-4-5-3-1;/h4-9H,1-3H3;1-5H;/q;;+2/t16-;;/m1../s1. The largest absolute Gasteiger partial charge is 2.00 e. The smallest absolute Gasteiger partial charge is 0.254 e. The zero-order valence-electron chi connectivity index (χ0n) is 13.0. The molecular formula is C19H20FeOS+2. The van der Waals surface area contributed by atoms with Crippen molar-refractivity contribution in [1.82, 2.24) is 0 Å². The second-order valence-corrected chi connectivity index (χ2v) is 6.50. The maximum Gasteiger partial charge on any atom is 2.00 e. The molecule has 0 spiro atoms. The molecule has 0 bridgehead atoms. The molecule has 0 aliphatic heterocycles. The van der Waals surface area contributed by atoms with E-state index in [9.17, 15) is 4.21 Å². The zero-order valence-corrected chi connectivity index (χ0v) is 14.9. The van der Waals surface area contributed by atoms with E-state index in [1.165, 1.54) is 5.56 Å². The van der Waals surface area contributed by atoms with Gasteiger partial charge in [-0.3, -0.25) is 4.21 Å². The Hall–Kier alpha value is -0.111. The first-order valence-electron chi connectivity index (χ1n) is 6.97. The van der Waals surface area contributed by atoms with E-state index in [1.807, 2.05) is 71.6 Å². The maximum absolute atomic E-state index is 12.4. The van der Waals surface area contributed by atoms with Crippen molar-refractivity contribution in [2.45, 2.75) is 25.7 Å². The third-order valence-electron chi connectivity index (χ3n) is 3.19. The van der Waals surface area contributed by atoms with Crippen molar-refractivity contribution in [3.8, 4) is 0 Å². The van der Waals surface area contributed by atoms with E-state index < -0.39 is 10.8 Å². The molecule has 10 radical (unpaired) electrons. The minimum absolute atomic E-state index is 0. The van der Waals surface area contributed by atoms with Crippen LogP contribution < -0.4 is 0 Å². The summed E-state index contributed by atoms with van der Waals surface area (Å²) in [6, 6.07) is 4.17. The minimum atomic E-state index is -1.05. The third-order valence-corrected chi connectivity index (χ3v) is 4.91. The molecule has 1 atom stereocenters. The molecule has 0 heterocycles. The molecule has 2 saturated carbocycles. The van der Waals surface area contributed by atoms with Gasteiger partial charge in [-0.15, -0.1) is 0 Å². The predicted molar refractivity (Wildman–Crippen MR) is 89.0 cm³/mol. The van der Waals surface area contributed by atoms with Gasteiger partial charge in [0, 0.05) is 4.90 Å². The summed E-state index contributed by atoms with van der Waals surface area (Å²) in [6.07, 6.45) is 17.7. The van der Waals surface area contributed by atoms with E-state index in [0.29, 0.717) is 0 Å². The van der Waals surface area contributed by atoms with Crippen LogP contribution in [0, 0.1) is 83.8 Å². The van der Waals surface area contributed by atoms with Crippen LogP contribution in [0.3, 0.4) is 0 Å². The number of hydrogen-bond donors (Lipinski definition) is 0. The van der Waals surface area contributed by atoms with Crippen LogP contribution in [0.4, 0.5) is 0 Å². The Labute approximate surface area is 149 Å². The first-order chi connectivity index (χ1) is 10.1. The summed E-state index contributed by atoms with van der Waals surface area (Å²) in [4.78, 5) is 0.955. The van der Waals surface area contributed by atoms with Crippen molar-refractivity contribution in [3.05, 3.63) is 91.9 Å². The molecule has 114 valence electrons. The molecule has 2 aliphatic rings. The number of benzene rings is 1. The van der Waals surface area contributed by atoms with Gasteiger partial charge in [0.2, 0.25) is 0 Å². The van der Waals surface area contributed by atoms with Gasteiger partial charge >= 0.3 is 17.1 Å². The molecule has 0 N–H and O–H groups in total. The van der Waals surface area contributed by atoms with E-state index in [4.69, 9.17) is 0 Å². The van der Waals surface area contributed by atoms with Gasteiger partial charge in [0.15, 0.2) is 0 Å². The van der Waals surface area contributed by atoms with Crippen molar-refractivity contribution >= 4 is 10.8 Å². The van der Waals surface area contributed by atoms with Crippen LogP contribution in [0.2, 0.25) is 0 Å². The molecule has 1 aromatic carbocycles. The van der Waals surface area contributed by atoms with Gasteiger partial charge in [0.05, 0.1) is 16.0 Å². The molecule has 0 saturated heterocycles. The summed E-state index contributed by atoms with van der Waals surface area (Å²) in [7, 11) is -1.05. The van der Waals surface area contributed by atoms with Crippen molar-refractivity contribution in [2.75, 3.05) is 0 Å². The first-order valence-corrected chi connectivity index (χ1v) is 8.12. The van der Waals surface area contributed by atoms with Gasteiger partial charge in [-0.1, -0.05) is 17.7 Å². The summed E-state index contributed by atoms with van der Waals surface area (Å²) in [6.45, 7) is 6.11. The van der Waals surface area contributed by atoms with E-state index in [2.05, 4.69) is 19.1 Å². The van der Waals surface area contributed by atoms with Crippen LogP contribution in [0.5, 0.6) is 0 Å². The Morgan fingerprint density at radius 3 is 1.55 bits per heavy atom. The topological polar surface area (TPSA) is 17.1 Å². The molecule has 0 aromatic heterocycles. The predicted octanol–water partition coefficient (Wildman–Crippen LogP) is 4.10. The average molecular weight is 352 g/mol. The van der Waals surface area contributed by atoms with Crippen molar-refractivity contribution in [2.24, 2.45) is 0 Å². The van der Waals surface area contributed by atoms with Gasteiger partial charge in [-0.25, -0.2) is 0 Å². The average Bonchev–Trinajstić information content (AvgIpc) is 3.14. The Morgan fingerprint density at radius 1 is 0.727 bits per heavy atom. The summed E-state index contributed by atoms with van der Waals surface area (Å²) in [5, 5.41) is 0.884. The maximum atomic E-state index is 12.4. The van der Waals surface area contributed by atoms with E-state index in [0.717, 1.165) is 21.3 Å². The number of rotatable bonds is 2. The Morgan fingerprint density at radius 2 is 1.14 bits per heavy atom. The van der Waals surface area contributed by atoms with Gasteiger partial charge < -0.3 is 0 Å². The van der Waals surface area contributed by atoms with Crippen LogP contribution in [-0.2, 0) is 27.9 Å². The molecule has 22 heavy (non-hydrogen) atoms. The minimum Gasteiger partial charge on any atom is -0.254 e. The van der Waals surface area contributed by atoms with Crippen molar-refractivity contribution in [3.63, 3.8) is 0 Å². The van der Waals surface area contributed by atoms with E-state index in [-0.39, 0.29) is 17.1 Å². The van der Waals surface area contributed by atoms with Crippen LogP contribution in [-0.4, -0.2) is 4.21 Å². The fourth-order valence-corrected chi connectivity index (χ4v) is 3.72. The number of hydrogen-bond acceptors (Lipinski definition) is 1. The van der Waals surface area contributed by atoms with Crippen LogP contribution in [0.1, 0.15) is 16.7 Å². The quantitative estimate of drug-likeness (QED) is 0.733. The van der Waals surface area contributed by atoms with Crippen LogP contribution >= 0.6 is 0 Å². The molecule has 3 rings (SSSR count). The van der Waals surface area contributed by atoms with E-state index >= 15 is 0 Å². The van der Waals surface area contributed by atoms with Crippen molar-refractivity contribution < 1.29 is 21.3 Å². The molecule has 2 fully saturated rings. The Kier molecular flexibility index (Phi) is 8.97. The molecular weight excluding hydrogens is 332 g/mol. The molecule has 1 aromatic rings. The van der Waals surface area contributed by atoms with Crippen molar-refractivity contribution in [1.29, 1.82) is 0 Å². The van der Waals surface area contributed by atoms with Gasteiger partial charge in [-0.05, 0) is 89.7 Å². The van der Waals surface area contributed by atoms with Crippen LogP contribution in [0.25, 0.3) is 0 Å². The van der Waals surface area contributed by atoms with Crippen LogP contribution in [0.15, 0.2) is 17.0 Å². The van der Waals surface area contributed by atoms with E-state index in [1.54, 1.807) is 0 Å². The number of aryl methyl sites for hydroxylation is 3. The molecule has 2 aliphatic carbocycles. The SMILES string of the molecule is Cc1cc(C)c([S@](=O)[C]2[CH][CH][CH][CH]2)c(C)c1.[CH]1[CH][CH][CH][CH]1.[Fe+2]. The molecule has 0 amide bonds. The first kappa shape index (κ1) is 19.9. The summed E-state index contributed by atoms with van der Waals surface area (Å²) < 4.78 is 12.4.